The lowest BCUT2D eigenvalue weighted by atomic mass is 9.88. The summed E-state index contributed by atoms with van der Waals surface area (Å²) in [6, 6.07) is 16.4. The first-order chi connectivity index (χ1) is 13.1. The third kappa shape index (κ3) is 3.71. The molecule has 1 amide bonds. The maximum Gasteiger partial charge on any atom is 0.240 e. The van der Waals surface area contributed by atoms with Crippen molar-refractivity contribution in [2.24, 2.45) is 0 Å². The number of H-pyrrole nitrogens is 1. The normalized spacial score (nSPS) is 16.0. The molecule has 0 spiro atoms. The molecule has 2 aromatic carbocycles. The number of carbonyl (C=O) groups excluding carboxylic acids is 1. The highest BCUT2D eigenvalue weighted by molar-refractivity contribution is 7.71. The molecule has 4 rings (SSSR count). The maximum atomic E-state index is 12.8. The molecule has 3 aromatic rings. The van der Waals surface area contributed by atoms with Gasteiger partial charge in [-0.2, -0.15) is 5.10 Å². The number of fused-ring (bicyclic) bond motifs is 1. The van der Waals surface area contributed by atoms with Crippen molar-refractivity contribution in [3.63, 3.8) is 0 Å². The zero-order valence-corrected chi connectivity index (χ0v) is 16.1. The first kappa shape index (κ1) is 17.7. The lowest BCUT2D eigenvalue weighted by molar-refractivity contribution is -0.122. The average molecular weight is 379 g/mol. The van der Waals surface area contributed by atoms with E-state index in [0.29, 0.717) is 10.6 Å². The molecule has 0 bridgehead atoms. The molecule has 2 N–H and O–H groups in total. The number of rotatable bonds is 4. The molecule has 1 aliphatic rings. The van der Waals surface area contributed by atoms with E-state index in [9.17, 15) is 4.79 Å². The second-order valence-corrected chi connectivity index (χ2v) is 7.40. The van der Waals surface area contributed by atoms with E-state index in [1.54, 1.807) is 4.57 Å². The summed E-state index contributed by atoms with van der Waals surface area (Å²) in [7, 11) is 0. The van der Waals surface area contributed by atoms with E-state index < -0.39 is 0 Å². The van der Waals surface area contributed by atoms with Crippen molar-refractivity contribution < 1.29 is 4.79 Å². The zero-order valence-electron chi connectivity index (χ0n) is 15.2. The predicted molar refractivity (Wildman–Crippen MR) is 108 cm³/mol. The van der Waals surface area contributed by atoms with Crippen LogP contribution in [0.25, 0.3) is 11.4 Å². The molecule has 1 unspecified atom stereocenters. The molecule has 0 radical (unpaired) electrons. The summed E-state index contributed by atoms with van der Waals surface area (Å²) in [4.78, 5) is 12.8. The van der Waals surface area contributed by atoms with Gasteiger partial charge in [0, 0.05) is 5.56 Å². The lowest BCUT2D eigenvalue weighted by Crippen LogP contribution is -2.33. The van der Waals surface area contributed by atoms with Gasteiger partial charge in [-0.05, 0) is 49.5 Å². The minimum Gasteiger partial charge on any atom is -0.348 e. The molecule has 27 heavy (non-hydrogen) atoms. The number of nitrogens with zero attached hydrogens (tertiary/aromatic N) is 2. The Labute approximate surface area is 163 Å². The largest absolute Gasteiger partial charge is 0.348 e. The van der Waals surface area contributed by atoms with Gasteiger partial charge in [0.1, 0.15) is 6.54 Å². The van der Waals surface area contributed by atoms with Crippen LogP contribution in [0.1, 0.15) is 35.6 Å². The molecule has 1 atom stereocenters. The standard InChI is InChI=1S/C21H22N4OS/c1-14-9-11-16(12-10-14)20-23-24-21(27)25(20)13-19(26)22-18-8-4-6-15-5-2-3-7-17(15)18/h2-3,5,7,9-12,18H,4,6,8,13H2,1H3,(H,22,26)(H,24,27). The van der Waals surface area contributed by atoms with Crippen LogP contribution in [-0.4, -0.2) is 20.7 Å². The second kappa shape index (κ2) is 7.48. The van der Waals surface area contributed by atoms with Crippen LogP contribution in [-0.2, 0) is 17.8 Å². The number of carbonyl (C=O) groups is 1. The number of aromatic nitrogens is 3. The van der Waals surface area contributed by atoms with E-state index in [2.05, 4.69) is 33.7 Å². The topological polar surface area (TPSA) is 62.7 Å². The molecular weight excluding hydrogens is 356 g/mol. The Bertz CT molecular complexity index is 1020. The van der Waals surface area contributed by atoms with E-state index >= 15 is 0 Å². The Kier molecular flexibility index (Phi) is 4.90. The number of hydrogen-bond donors (Lipinski definition) is 2. The average Bonchev–Trinajstić information content (AvgIpc) is 3.03. The number of aryl methyl sites for hydroxylation is 2. The smallest absolute Gasteiger partial charge is 0.240 e. The van der Waals surface area contributed by atoms with E-state index in [-0.39, 0.29) is 18.5 Å². The van der Waals surface area contributed by atoms with Crippen LogP contribution in [0.3, 0.4) is 0 Å². The van der Waals surface area contributed by atoms with Crippen LogP contribution in [0.4, 0.5) is 0 Å². The SMILES string of the molecule is Cc1ccc(-c2n[nH]c(=S)n2CC(=O)NC2CCCc3ccccc32)cc1. The van der Waals surface area contributed by atoms with Crippen molar-refractivity contribution in [3.8, 4) is 11.4 Å². The number of hydrogen-bond acceptors (Lipinski definition) is 3. The van der Waals surface area contributed by atoms with Crippen LogP contribution < -0.4 is 5.32 Å². The van der Waals surface area contributed by atoms with Gasteiger partial charge >= 0.3 is 0 Å². The molecule has 138 valence electrons. The van der Waals surface area contributed by atoms with Crippen LogP contribution in [0, 0.1) is 11.7 Å². The number of aromatic amines is 1. The first-order valence-electron chi connectivity index (χ1n) is 9.21. The molecule has 0 fully saturated rings. The van der Waals surface area contributed by atoms with E-state index in [1.165, 1.54) is 16.7 Å². The third-order valence-electron chi connectivity index (χ3n) is 5.07. The lowest BCUT2D eigenvalue weighted by Gasteiger charge is -2.26. The Morgan fingerprint density at radius 2 is 2.04 bits per heavy atom. The zero-order chi connectivity index (χ0) is 18.8. The molecule has 1 aliphatic carbocycles. The van der Waals surface area contributed by atoms with Gasteiger partial charge in [0.15, 0.2) is 10.6 Å². The molecule has 0 aliphatic heterocycles. The van der Waals surface area contributed by atoms with Crippen LogP contribution in [0.15, 0.2) is 48.5 Å². The van der Waals surface area contributed by atoms with Gasteiger partial charge in [-0.25, -0.2) is 0 Å². The molecular formula is C21H22N4OS. The molecule has 0 saturated carbocycles. The van der Waals surface area contributed by atoms with Crippen molar-refractivity contribution in [1.29, 1.82) is 0 Å². The summed E-state index contributed by atoms with van der Waals surface area (Å²) in [5.74, 6) is 0.627. The van der Waals surface area contributed by atoms with Crippen LogP contribution in [0.2, 0.25) is 0 Å². The molecule has 6 heteroatoms. The van der Waals surface area contributed by atoms with E-state index in [0.717, 1.165) is 24.8 Å². The van der Waals surface area contributed by atoms with Crippen LogP contribution >= 0.6 is 12.2 Å². The molecule has 0 saturated heterocycles. The first-order valence-corrected chi connectivity index (χ1v) is 9.62. The summed E-state index contributed by atoms with van der Waals surface area (Å²) in [6.07, 6.45) is 3.12. The van der Waals surface area contributed by atoms with E-state index in [4.69, 9.17) is 12.2 Å². The number of benzene rings is 2. The van der Waals surface area contributed by atoms with Crippen molar-refractivity contribution in [1.82, 2.24) is 20.1 Å². The highest BCUT2D eigenvalue weighted by atomic mass is 32.1. The summed E-state index contributed by atoms with van der Waals surface area (Å²) in [5, 5.41) is 10.3. The van der Waals surface area contributed by atoms with Gasteiger partial charge in [0.2, 0.25) is 5.91 Å². The van der Waals surface area contributed by atoms with Crippen molar-refractivity contribution in [2.75, 3.05) is 0 Å². The van der Waals surface area contributed by atoms with Gasteiger partial charge in [-0.15, -0.1) is 0 Å². The summed E-state index contributed by atoms with van der Waals surface area (Å²) >= 11 is 5.35. The Morgan fingerprint density at radius 1 is 1.26 bits per heavy atom. The predicted octanol–water partition coefficient (Wildman–Crippen LogP) is 4.11. The Morgan fingerprint density at radius 3 is 2.85 bits per heavy atom. The summed E-state index contributed by atoms with van der Waals surface area (Å²) in [6.45, 7) is 2.19. The number of amides is 1. The van der Waals surface area contributed by atoms with Crippen molar-refractivity contribution >= 4 is 18.1 Å². The highest BCUT2D eigenvalue weighted by Gasteiger charge is 2.22. The summed E-state index contributed by atoms with van der Waals surface area (Å²) in [5.41, 5.74) is 4.66. The van der Waals surface area contributed by atoms with Gasteiger partial charge in [-0.1, -0.05) is 54.1 Å². The van der Waals surface area contributed by atoms with Crippen LogP contribution in [0.5, 0.6) is 0 Å². The van der Waals surface area contributed by atoms with Gasteiger partial charge in [-0.3, -0.25) is 14.5 Å². The van der Waals surface area contributed by atoms with Gasteiger partial charge in [0.05, 0.1) is 6.04 Å². The second-order valence-electron chi connectivity index (χ2n) is 7.02. The fourth-order valence-corrected chi connectivity index (χ4v) is 3.87. The molecule has 1 heterocycles. The maximum absolute atomic E-state index is 12.8. The quantitative estimate of drug-likeness (QED) is 0.672. The minimum atomic E-state index is -0.0532. The summed E-state index contributed by atoms with van der Waals surface area (Å²) < 4.78 is 2.20. The fourth-order valence-electron chi connectivity index (χ4n) is 3.67. The fraction of sp³-hybridized carbons (Fsp3) is 0.286. The van der Waals surface area contributed by atoms with Crippen molar-refractivity contribution in [2.45, 2.75) is 38.8 Å². The van der Waals surface area contributed by atoms with Gasteiger partial charge in [0.25, 0.3) is 0 Å². The third-order valence-corrected chi connectivity index (χ3v) is 5.39. The van der Waals surface area contributed by atoms with E-state index in [1.807, 2.05) is 37.3 Å². The van der Waals surface area contributed by atoms with Gasteiger partial charge < -0.3 is 5.32 Å². The highest BCUT2D eigenvalue weighted by Crippen LogP contribution is 2.29. The van der Waals surface area contributed by atoms with Crippen molar-refractivity contribution in [3.05, 3.63) is 70.0 Å². The molecule has 5 nitrogen and oxygen atoms in total. The number of nitrogens with one attached hydrogen (secondary N) is 2. The minimum absolute atomic E-state index is 0.0532. The monoisotopic (exact) mass is 378 g/mol. The Hall–Kier alpha value is -2.73. The Balaban J connectivity index is 1.54. The molecule has 1 aromatic heterocycles.